The van der Waals surface area contributed by atoms with Crippen molar-refractivity contribution in [2.24, 2.45) is 0 Å². The van der Waals surface area contributed by atoms with Gasteiger partial charge in [-0.25, -0.2) is 8.78 Å². The van der Waals surface area contributed by atoms with E-state index in [1.165, 1.54) is 0 Å². The van der Waals surface area contributed by atoms with Crippen molar-refractivity contribution in [2.45, 2.75) is 13.3 Å². The molecule has 0 aliphatic carbocycles. The molecule has 0 radical (unpaired) electrons. The Labute approximate surface area is 66.6 Å². The quantitative estimate of drug-likeness (QED) is 0.587. The average molecular weight is 166 g/mol. The zero-order valence-corrected chi connectivity index (χ0v) is 7.11. The Kier molecular flexibility index (Phi) is 6.36. The van der Waals surface area contributed by atoms with E-state index in [4.69, 9.17) is 0 Å². The highest BCUT2D eigenvalue weighted by Crippen LogP contribution is 1.87. The fourth-order valence-electron chi connectivity index (χ4n) is 0.639. The van der Waals surface area contributed by atoms with Crippen molar-refractivity contribution in [2.75, 3.05) is 33.2 Å². The van der Waals surface area contributed by atoms with Crippen LogP contribution in [0, 0.1) is 0 Å². The molecule has 0 aliphatic rings. The first-order valence-electron chi connectivity index (χ1n) is 3.84. The number of nitrogens with zero attached hydrogens (tertiary/aromatic N) is 1. The topological polar surface area (TPSA) is 15.3 Å². The first-order chi connectivity index (χ1) is 5.16. The number of alkyl halides is 2. The van der Waals surface area contributed by atoms with Gasteiger partial charge in [0.2, 0.25) is 0 Å². The second-order valence-corrected chi connectivity index (χ2v) is 2.49. The van der Waals surface area contributed by atoms with Crippen LogP contribution in [0.4, 0.5) is 8.78 Å². The van der Waals surface area contributed by atoms with Gasteiger partial charge in [-0.2, -0.15) is 0 Å². The molecule has 2 nitrogen and oxygen atoms in total. The Hall–Kier alpha value is -0.220. The molecule has 68 valence electrons. The molecule has 0 aromatic carbocycles. The summed E-state index contributed by atoms with van der Waals surface area (Å²) in [5.41, 5.74) is 0. The standard InChI is InChI=1S/C7H16F2N2/c1-3-11(2)5-4-10-6-7(8)9/h7,10H,3-6H2,1-2H3. The monoisotopic (exact) mass is 166 g/mol. The number of likely N-dealkylation sites (N-methyl/N-ethyl adjacent to an activating group) is 1. The third kappa shape index (κ3) is 7.68. The van der Waals surface area contributed by atoms with E-state index in [1.54, 1.807) is 0 Å². The van der Waals surface area contributed by atoms with Crippen molar-refractivity contribution in [1.82, 2.24) is 10.2 Å². The molecule has 0 spiro atoms. The van der Waals surface area contributed by atoms with Crippen LogP contribution in [-0.4, -0.2) is 44.6 Å². The van der Waals surface area contributed by atoms with Crippen LogP contribution < -0.4 is 5.32 Å². The van der Waals surface area contributed by atoms with E-state index in [9.17, 15) is 8.78 Å². The maximum absolute atomic E-state index is 11.6. The summed E-state index contributed by atoms with van der Waals surface area (Å²) in [7, 11) is 1.96. The minimum absolute atomic E-state index is 0.197. The summed E-state index contributed by atoms with van der Waals surface area (Å²) in [5.74, 6) is 0. The highest BCUT2D eigenvalue weighted by atomic mass is 19.3. The number of halogens is 2. The molecule has 0 rings (SSSR count). The van der Waals surface area contributed by atoms with Crippen LogP contribution in [0.1, 0.15) is 6.92 Å². The van der Waals surface area contributed by atoms with E-state index in [2.05, 4.69) is 10.2 Å². The lowest BCUT2D eigenvalue weighted by molar-refractivity contribution is 0.145. The predicted octanol–water partition coefficient (Wildman–Crippen LogP) is 0.793. The molecule has 0 saturated carbocycles. The zero-order valence-electron chi connectivity index (χ0n) is 7.11. The number of rotatable bonds is 6. The molecule has 0 bridgehead atoms. The SMILES string of the molecule is CCN(C)CCNCC(F)F. The van der Waals surface area contributed by atoms with Crippen LogP contribution in [0.15, 0.2) is 0 Å². The van der Waals surface area contributed by atoms with Gasteiger partial charge in [0.1, 0.15) is 0 Å². The van der Waals surface area contributed by atoms with Gasteiger partial charge < -0.3 is 10.2 Å². The van der Waals surface area contributed by atoms with E-state index in [-0.39, 0.29) is 6.54 Å². The third-order valence-corrected chi connectivity index (χ3v) is 1.51. The molecule has 0 aliphatic heterocycles. The molecule has 4 heteroatoms. The van der Waals surface area contributed by atoms with Gasteiger partial charge >= 0.3 is 0 Å². The largest absolute Gasteiger partial charge is 0.310 e. The number of hydrogen-bond donors (Lipinski definition) is 1. The van der Waals surface area contributed by atoms with E-state index < -0.39 is 6.43 Å². The summed E-state index contributed by atoms with van der Waals surface area (Å²) in [6.07, 6.45) is -2.23. The van der Waals surface area contributed by atoms with E-state index in [0.29, 0.717) is 6.54 Å². The molecule has 0 amide bonds. The van der Waals surface area contributed by atoms with Crippen LogP contribution >= 0.6 is 0 Å². The molecule has 0 unspecified atom stereocenters. The summed E-state index contributed by atoms with van der Waals surface area (Å²) in [6, 6.07) is 0. The Morgan fingerprint density at radius 2 is 2.09 bits per heavy atom. The molecule has 0 atom stereocenters. The number of nitrogens with one attached hydrogen (secondary N) is 1. The molecule has 0 heterocycles. The summed E-state index contributed by atoms with van der Waals surface area (Å²) in [4.78, 5) is 2.07. The molecule has 11 heavy (non-hydrogen) atoms. The minimum atomic E-state index is -2.23. The summed E-state index contributed by atoms with van der Waals surface area (Å²) in [6.45, 7) is 4.25. The van der Waals surface area contributed by atoms with Crippen LogP contribution in [-0.2, 0) is 0 Å². The van der Waals surface area contributed by atoms with Crippen molar-refractivity contribution < 1.29 is 8.78 Å². The van der Waals surface area contributed by atoms with Crippen molar-refractivity contribution in [3.05, 3.63) is 0 Å². The van der Waals surface area contributed by atoms with Gasteiger partial charge in [0.05, 0.1) is 6.54 Å². The lowest BCUT2D eigenvalue weighted by Gasteiger charge is -2.13. The molecule has 1 N–H and O–H groups in total. The molecule has 0 saturated heterocycles. The zero-order chi connectivity index (χ0) is 8.69. The normalized spacial score (nSPS) is 11.5. The maximum atomic E-state index is 11.6. The Balaban J connectivity index is 3.01. The van der Waals surface area contributed by atoms with E-state index in [1.807, 2.05) is 14.0 Å². The fraction of sp³-hybridized carbons (Fsp3) is 1.00. The van der Waals surface area contributed by atoms with Crippen LogP contribution in [0.5, 0.6) is 0 Å². The molecular weight excluding hydrogens is 150 g/mol. The summed E-state index contributed by atoms with van der Waals surface area (Å²) < 4.78 is 23.1. The van der Waals surface area contributed by atoms with Gasteiger partial charge in [0.15, 0.2) is 0 Å². The van der Waals surface area contributed by atoms with Crippen molar-refractivity contribution in [1.29, 1.82) is 0 Å². The minimum Gasteiger partial charge on any atom is -0.310 e. The van der Waals surface area contributed by atoms with E-state index >= 15 is 0 Å². The van der Waals surface area contributed by atoms with Crippen molar-refractivity contribution in [3.63, 3.8) is 0 Å². The lowest BCUT2D eigenvalue weighted by atomic mass is 10.5. The van der Waals surface area contributed by atoms with Gasteiger partial charge in [0.25, 0.3) is 6.43 Å². The highest BCUT2D eigenvalue weighted by molar-refractivity contribution is 4.53. The average Bonchev–Trinajstić information content (AvgIpc) is 1.97. The number of hydrogen-bond acceptors (Lipinski definition) is 2. The van der Waals surface area contributed by atoms with Gasteiger partial charge in [-0.05, 0) is 13.6 Å². The third-order valence-electron chi connectivity index (χ3n) is 1.51. The van der Waals surface area contributed by atoms with Gasteiger partial charge in [-0.15, -0.1) is 0 Å². The summed E-state index contributed by atoms with van der Waals surface area (Å²) >= 11 is 0. The first-order valence-corrected chi connectivity index (χ1v) is 3.84. The van der Waals surface area contributed by atoms with Crippen LogP contribution in [0.2, 0.25) is 0 Å². The summed E-state index contributed by atoms with van der Waals surface area (Å²) in [5, 5.41) is 2.66. The molecule has 0 aromatic rings. The van der Waals surface area contributed by atoms with E-state index in [0.717, 1.165) is 13.1 Å². The van der Waals surface area contributed by atoms with Crippen LogP contribution in [0.25, 0.3) is 0 Å². The lowest BCUT2D eigenvalue weighted by Crippen LogP contribution is -2.31. The molecule has 0 aromatic heterocycles. The Bertz CT molecular complexity index is 88.5. The first kappa shape index (κ1) is 10.8. The Morgan fingerprint density at radius 3 is 2.55 bits per heavy atom. The fourth-order valence-corrected chi connectivity index (χ4v) is 0.639. The second kappa shape index (κ2) is 6.49. The maximum Gasteiger partial charge on any atom is 0.250 e. The van der Waals surface area contributed by atoms with Gasteiger partial charge in [0, 0.05) is 13.1 Å². The van der Waals surface area contributed by atoms with Gasteiger partial charge in [-0.1, -0.05) is 6.92 Å². The molecular formula is C7H16F2N2. The molecule has 0 fully saturated rings. The van der Waals surface area contributed by atoms with Crippen LogP contribution in [0.3, 0.4) is 0 Å². The van der Waals surface area contributed by atoms with Gasteiger partial charge in [-0.3, -0.25) is 0 Å². The highest BCUT2D eigenvalue weighted by Gasteiger charge is 2.00. The van der Waals surface area contributed by atoms with Crippen molar-refractivity contribution >= 4 is 0 Å². The predicted molar refractivity (Wildman–Crippen MR) is 42.0 cm³/mol. The second-order valence-electron chi connectivity index (χ2n) is 2.49. The smallest absolute Gasteiger partial charge is 0.250 e. The van der Waals surface area contributed by atoms with Crippen molar-refractivity contribution in [3.8, 4) is 0 Å². The Morgan fingerprint density at radius 1 is 1.45 bits per heavy atom.